The molecule has 2 N–H and O–H groups in total. The van der Waals surface area contributed by atoms with Crippen LogP contribution in [0, 0.1) is 0 Å². The van der Waals surface area contributed by atoms with E-state index in [0.29, 0.717) is 18.3 Å². The third-order valence-electron chi connectivity index (χ3n) is 5.10. The number of thiophene rings is 1. The second kappa shape index (κ2) is 10.9. The van der Waals surface area contributed by atoms with Crippen molar-refractivity contribution in [1.82, 2.24) is 15.5 Å². The molecule has 0 bridgehead atoms. The van der Waals surface area contributed by atoms with Crippen molar-refractivity contribution in [3.05, 3.63) is 47.3 Å². The van der Waals surface area contributed by atoms with E-state index >= 15 is 0 Å². The summed E-state index contributed by atoms with van der Waals surface area (Å²) in [6, 6.07) is 12.5. The number of carbonyl (C=O) groups excluding carboxylic acids is 1. The molecule has 3 rings (SSSR count). The van der Waals surface area contributed by atoms with Gasteiger partial charge in [0, 0.05) is 46.8 Å². The number of ether oxygens (including phenoxy) is 1. The van der Waals surface area contributed by atoms with Crippen LogP contribution in [0.15, 0.2) is 46.8 Å². The third kappa shape index (κ3) is 6.38. The summed E-state index contributed by atoms with van der Waals surface area (Å²) in [7, 11) is 5.23. The van der Waals surface area contributed by atoms with Crippen LogP contribution in [0.25, 0.3) is 0 Å². The maximum atomic E-state index is 11.7. The SMILES string of the molecule is CN=C(NCc1cccc(OCC(=O)N(C)C)c1)NC1CCN(c2cccs2)CC1. The van der Waals surface area contributed by atoms with Crippen molar-refractivity contribution in [3.8, 4) is 5.75 Å². The molecule has 0 radical (unpaired) electrons. The smallest absolute Gasteiger partial charge is 0.259 e. The molecule has 1 aromatic carbocycles. The molecule has 0 spiro atoms. The van der Waals surface area contributed by atoms with Crippen molar-refractivity contribution in [2.75, 3.05) is 45.7 Å². The average Bonchev–Trinajstić information content (AvgIpc) is 3.30. The van der Waals surface area contributed by atoms with E-state index in [1.54, 1.807) is 32.5 Å². The average molecular weight is 430 g/mol. The zero-order valence-electron chi connectivity index (χ0n) is 17.9. The summed E-state index contributed by atoms with van der Waals surface area (Å²) >= 11 is 1.80. The Morgan fingerprint density at radius 3 is 2.73 bits per heavy atom. The minimum Gasteiger partial charge on any atom is -0.484 e. The van der Waals surface area contributed by atoms with Gasteiger partial charge in [-0.1, -0.05) is 12.1 Å². The van der Waals surface area contributed by atoms with E-state index in [1.807, 2.05) is 24.3 Å². The quantitative estimate of drug-likeness (QED) is 0.523. The van der Waals surface area contributed by atoms with Gasteiger partial charge in [-0.15, -0.1) is 11.3 Å². The van der Waals surface area contributed by atoms with E-state index in [2.05, 4.69) is 38.0 Å². The first-order chi connectivity index (χ1) is 14.5. The van der Waals surface area contributed by atoms with Crippen LogP contribution in [0.5, 0.6) is 5.75 Å². The Bertz CT molecular complexity index is 830. The molecule has 1 fully saturated rings. The predicted molar refractivity (Wildman–Crippen MR) is 124 cm³/mol. The van der Waals surface area contributed by atoms with E-state index < -0.39 is 0 Å². The van der Waals surface area contributed by atoms with Gasteiger partial charge in [-0.25, -0.2) is 0 Å². The summed E-state index contributed by atoms with van der Waals surface area (Å²) in [5.41, 5.74) is 1.07. The number of nitrogens with one attached hydrogen (secondary N) is 2. The molecule has 1 aliphatic heterocycles. The molecule has 8 heteroatoms. The summed E-state index contributed by atoms with van der Waals surface area (Å²) in [4.78, 5) is 20.0. The van der Waals surface area contributed by atoms with Crippen molar-refractivity contribution >= 4 is 28.2 Å². The highest BCUT2D eigenvalue weighted by Crippen LogP contribution is 2.24. The Hall–Kier alpha value is -2.74. The lowest BCUT2D eigenvalue weighted by Gasteiger charge is -2.33. The normalized spacial score (nSPS) is 15.0. The first-order valence-corrected chi connectivity index (χ1v) is 11.1. The first-order valence-electron chi connectivity index (χ1n) is 10.2. The molecule has 30 heavy (non-hydrogen) atoms. The van der Waals surface area contributed by atoms with Crippen molar-refractivity contribution in [2.45, 2.75) is 25.4 Å². The van der Waals surface area contributed by atoms with Gasteiger partial charge >= 0.3 is 0 Å². The lowest BCUT2D eigenvalue weighted by atomic mass is 10.1. The maximum absolute atomic E-state index is 11.7. The standard InChI is InChI=1S/C22H31N5O2S/c1-23-22(25-18-9-11-27(12-10-18)21-8-5-13-30-21)24-15-17-6-4-7-19(14-17)29-16-20(28)26(2)3/h4-8,13-14,18H,9-12,15-16H2,1-3H3,(H2,23,24,25). The van der Waals surface area contributed by atoms with Gasteiger partial charge in [0.15, 0.2) is 12.6 Å². The topological polar surface area (TPSA) is 69.2 Å². The van der Waals surface area contributed by atoms with E-state index in [-0.39, 0.29) is 12.5 Å². The number of likely N-dealkylation sites (N-methyl/N-ethyl adjacent to an activating group) is 1. The predicted octanol–water partition coefficient (Wildman–Crippen LogP) is 2.55. The number of hydrogen-bond donors (Lipinski definition) is 2. The number of nitrogens with zero attached hydrogens (tertiary/aromatic N) is 3. The molecule has 0 atom stereocenters. The lowest BCUT2D eigenvalue weighted by Crippen LogP contribution is -2.48. The number of aliphatic imine (C=N–C) groups is 1. The van der Waals surface area contributed by atoms with Gasteiger partial charge < -0.3 is 25.2 Å². The second-order valence-electron chi connectivity index (χ2n) is 7.51. The number of benzene rings is 1. The van der Waals surface area contributed by atoms with Crippen LogP contribution >= 0.6 is 11.3 Å². The van der Waals surface area contributed by atoms with Crippen LogP contribution in [0.4, 0.5) is 5.00 Å². The van der Waals surface area contributed by atoms with Crippen LogP contribution in [0.1, 0.15) is 18.4 Å². The lowest BCUT2D eigenvalue weighted by molar-refractivity contribution is -0.130. The van der Waals surface area contributed by atoms with E-state index in [1.165, 1.54) is 9.90 Å². The Balaban J connectivity index is 1.44. The molecule has 2 heterocycles. The highest BCUT2D eigenvalue weighted by Gasteiger charge is 2.20. The molecule has 1 amide bonds. The van der Waals surface area contributed by atoms with Crippen molar-refractivity contribution in [2.24, 2.45) is 4.99 Å². The summed E-state index contributed by atoms with van der Waals surface area (Å²) in [5, 5.41) is 10.4. The number of hydrogen-bond acceptors (Lipinski definition) is 5. The second-order valence-corrected chi connectivity index (χ2v) is 8.43. The monoisotopic (exact) mass is 429 g/mol. The Kier molecular flexibility index (Phi) is 7.96. The summed E-state index contributed by atoms with van der Waals surface area (Å²) < 4.78 is 5.60. The van der Waals surface area contributed by atoms with Crippen LogP contribution in [0.3, 0.4) is 0 Å². The molecule has 1 aromatic heterocycles. The number of guanidine groups is 1. The molecule has 2 aromatic rings. The number of rotatable bonds is 7. The zero-order valence-corrected chi connectivity index (χ0v) is 18.7. The number of anilines is 1. The number of amides is 1. The van der Waals surface area contributed by atoms with E-state index in [4.69, 9.17) is 4.74 Å². The van der Waals surface area contributed by atoms with Gasteiger partial charge in [0.05, 0.1) is 5.00 Å². The van der Waals surface area contributed by atoms with Gasteiger partial charge in [0.25, 0.3) is 5.91 Å². The Labute approximate surface area is 182 Å². The van der Waals surface area contributed by atoms with Crippen molar-refractivity contribution < 1.29 is 9.53 Å². The van der Waals surface area contributed by atoms with E-state index in [0.717, 1.165) is 37.5 Å². The number of piperidine rings is 1. The molecule has 1 aliphatic rings. The van der Waals surface area contributed by atoms with Crippen molar-refractivity contribution in [1.29, 1.82) is 0 Å². The van der Waals surface area contributed by atoms with Gasteiger partial charge in [-0.05, 0) is 48.1 Å². The molecular weight excluding hydrogens is 398 g/mol. The highest BCUT2D eigenvalue weighted by atomic mass is 32.1. The van der Waals surface area contributed by atoms with Crippen LogP contribution in [-0.2, 0) is 11.3 Å². The fraction of sp³-hybridized carbons (Fsp3) is 0.455. The largest absolute Gasteiger partial charge is 0.484 e. The zero-order chi connectivity index (χ0) is 21.3. The Morgan fingerprint density at radius 1 is 1.27 bits per heavy atom. The van der Waals surface area contributed by atoms with Crippen molar-refractivity contribution in [3.63, 3.8) is 0 Å². The molecule has 0 unspecified atom stereocenters. The maximum Gasteiger partial charge on any atom is 0.259 e. The molecule has 7 nitrogen and oxygen atoms in total. The number of carbonyl (C=O) groups is 1. The van der Waals surface area contributed by atoms with Gasteiger partial charge in [-0.3, -0.25) is 9.79 Å². The third-order valence-corrected chi connectivity index (χ3v) is 6.03. The van der Waals surface area contributed by atoms with Gasteiger partial charge in [0.2, 0.25) is 0 Å². The van der Waals surface area contributed by atoms with Crippen LogP contribution in [-0.4, -0.2) is 63.6 Å². The Morgan fingerprint density at radius 2 is 2.07 bits per heavy atom. The van der Waals surface area contributed by atoms with Gasteiger partial charge in [-0.2, -0.15) is 0 Å². The highest BCUT2D eigenvalue weighted by molar-refractivity contribution is 7.14. The molecular formula is C22H31N5O2S. The van der Waals surface area contributed by atoms with Crippen LogP contribution < -0.4 is 20.3 Å². The van der Waals surface area contributed by atoms with Crippen LogP contribution in [0.2, 0.25) is 0 Å². The van der Waals surface area contributed by atoms with E-state index in [9.17, 15) is 4.79 Å². The minimum absolute atomic E-state index is 0.0390. The summed E-state index contributed by atoms with van der Waals surface area (Å²) in [6.45, 7) is 2.78. The first kappa shape index (κ1) is 22.0. The molecule has 0 saturated carbocycles. The molecule has 0 aliphatic carbocycles. The molecule has 162 valence electrons. The fourth-order valence-electron chi connectivity index (χ4n) is 3.29. The fourth-order valence-corrected chi connectivity index (χ4v) is 4.07. The minimum atomic E-state index is -0.0618. The molecule has 1 saturated heterocycles. The summed E-state index contributed by atoms with van der Waals surface area (Å²) in [6.07, 6.45) is 2.17. The summed E-state index contributed by atoms with van der Waals surface area (Å²) in [5.74, 6) is 1.43. The van der Waals surface area contributed by atoms with Gasteiger partial charge in [0.1, 0.15) is 5.75 Å².